The van der Waals surface area contributed by atoms with Crippen molar-refractivity contribution in [3.8, 4) is 11.1 Å². The van der Waals surface area contributed by atoms with E-state index in [9.17, 15) is 0 Å². The van der Waals surface area contributed by atoms with Gasteiger partial charge in [0.15, 0.2) is 0 Å². The summed E-state index contributed by atoms with van der Waals surface area (Å²) in [5.74, 6) is 0.557. The summed E-state index contributed by atoms with van der Waals surface area (Å²) in [6.07, 6.45) is 9.96. The Kier molecular flexibility index (Phi) is 14.9. The zero-order valence-corrected chi connectivity index (χ0v) is 32.2. The van der Waals surface area contributed by atoms with Crippen molar-refractivity contribution < 1.29 is 49.0 Å². The molecule has 1 unspecified atom stereocenters. The third-order valence-corrected chi connectivity index (χ3v) is 10.0. The molecule has 42 heavy (non-hydrogen) atoms. The van der Waals surface area contributed by atoms with Crippen LogP contribution in [0.4, 0.5) is 0 Å². The Hall–Kier alpha value is -1.31. The van der Waals surface area contributed by atoms with Crippen molar-refractivity contribution in [2.75, 3.05) is 0 Å². The molecule has 0 N–H and O–H groups in total. The summed E-state index contributed by atoms with van der Waals surface area (Å²) in [5, 5.41) is 1.56. The van der Waals surface area contributed by atoms with Crippen molar-refractivity contribution in [2.45, 2.75) is 91.8 Å². The normalized spacial score (nSPS) is 15.0. The molecular weight excluding hydrogens is 647 g/mol. The molecule has 0 heterocycles. The van der Waals surface area contributed by atoms with Crippen LogP contribution in [0.3, 0.4) is 0 Å². The van der Waals surface area contributed by atoms with Crippen molar-refractivity contribution in [2.24, 2.45) is 5.92 Å². The van der Waals surface area contributed by atoms with Crippen molar-refractivity contribution in [1.29, 1.82) is 0 Å². The Labute approximate surface area is 285 Å². The van der Waals surface area contributed by atoms with E-state index >= 15 is 0 Å². The Morgan fingerprint density at radius 3 is 1.93 bits per heavy atom. The van der Waals surface area contributed by atoms with E-state index in [4.69, 9.17) is 0 Å². The Bertz CT molecular complexity index is 1310. The third kappa shape index (κ3) is 11.0. The maximum absolute atomic E-state index is 3.53. The zero-order chi connectivity index (χ0) is 29.7. The van der Waals surface area contributed by atoms with Gasteiger partial charge in [0.25, 0.3) is 0 Å². The van der Waals surface area contributed by atoms with Gasteiger partial charge in [0.05, 0.1) is 0 Å². The average molecular weight is 695 g/mol. The van der Waals surface area contributed by atoms with Crippen LogP contribution in [0.1, 0.15) is 76.3 Å². The maximum atomic E-state index is 3.53. The molecule has 0 amide bonds. The van der Waals surface area contributed by atoms with E-state index in [1.165, 1.54) is 63.2 Å². The second-order valence-electron chi connectivity index (χ2n) is 14.2. The van der Waals surface area contributed by atoms with Crippen LogP contribution in [-0.4, -0.2) is 11.8 Å². The number of allylic oxidation sites excluding steroid dienone is 4. The van der Waals surface area contributed by atoms with Gasteiger partial charge in [-0.1, -0.05) is 109 Å². The van der Waals surface area contributed by atoms with Crippen molar-refractivity contribution >= 4 is 11.8 Å². The van der Waals surface area contributed by atoms with E-state index < -0.39 is 8.07 Å². The van der Waals surface area contributed by atoms with E-state index in [0.717, 1.165) is 12.8 Å². The van der Waals surface area contributed by atoms with Gasteiger partial charge in [-0.3, -0.25) is 6.08 Å². The van der Waals surface area contributed by atoms with Crippen LogP contribution >= 0.6 is 0 Å². The predicted octanol–water partition coefficient (Wildman–Crippen LogP) is 4.04. The van der Waals surface area contributed by atoms with Crippen molar-refractivity contribution in [1.82, 2.24) is 0 Å². The van der Waals surface area contributed by atoms with Gasteiger partial charge in [-0.15, -0.1) is 5.56 Å². The molecule has 1 atom stereocenters. The van der Waals surface area contributed by atoms with Crippen LogP contribution in [0.5, 0.6) is 0 Å². The predicted molar refractivity (Wildman–Crippen MR) is 176 cm³/mol. The average Bonchev–Trinajstić information content (AvgIpc) is 3.47. The van der Waals surface area contributed by atoms with Gasteiger partial charge in [-0.2, -0.15) is 35.4 Å². The molecular formula is C38H48Cl2SiZr-2. The number of hydrogen-bond acceptors (Lipinski definition) is 0. The van der Waals surface area contributed by atoms with Crippen LogP contribution in [0.15, 0.2) is 78.0 Å². The summed E-state index contributed by atoms with van der Waals surface area (Å²) in [6, 6.07) is 25.6. The summed E-state index contributed by atoms with van der Waals surface area (Å²) in [7, 11) is -1.02. The van der Waals surface area contributed by atoms with Gasteiger partial charge < -0.3 is 24.8 Å². The van der Waals surface area contributed by atoms with Crippen molar-refractivity contribution in [3.05, 3.63) is 118 Å². The van der Waals surface area contributed by atoms with Crippen LogP contribution < -0.4 is 24.8 Å². The quantitative estimate of drug-likeness (QED) is 0.225. The van der Waals surface area contributed by atoms with Crippen LogP contribution in [-0.2, 0) is 47.9 Å². The number of halogens is 2. The summed E-state index contributed by atoms with van der Waals surface area (Å²) in [6.45, 7) is 22.9. The molecule has 5 rings (SSSR count). The Morgan fingerprint density at radius 1 is 0.857 bits per heavy atom. The van der Waals surface area contributed by atoms with Crippen LogP contribution in [0, 0.1) is 18.1 Å². The molecule has 0 aromatic heterocycles. The van der Waals surface area contributed by atoms with Gasteiger partial charge in [0.1, 0.15) is 0 Å². The molecule has 0 saturated carbocycles. The van der Waals surface area contributed by atoms with Gasteiger partial charge in [-0.25, -0.2) is 11.3 Å². The Balaban J connectivity index is 0.000000353. The number of fused-ring (bicyclic) bond motifs is 3. The molecule has 3 aromatic carbocycles. The molecule has 2 aliphatic carbocycles. The fraction of sp³-hybridized carbons (Fsp3) is 0.395. The molecule has 2 aliphatic rings. The topological polar surface area (TPSA) is 0 Å². The van der Waals surface area contributed by atoms with Crippen LogP contribution in [0.25, 0.3) is 11.1 Å². The van der Waals surface area contributed by atoms with E-state index in [2.05, 4.69) is 151 Å². The third-order valence-electron chi connectivity index (χ3n) is 7.50. The standard InChI is InChI=1S/C21H25.C9H15Si.C8H8.2ClH.Zr/c1-20(2,3)16-9-7-14-11-15-8-10-17(21(4,5)6)13-19(15)18(14)12-16;1-8-5-6-9(7-8)10(2,3)4;1-2-8-6-4-3-5-7-8;;;/h7,9-10,12-13H,11H2,1-6H3;6-8H,1-4H3;1,3-7H,2H2;2*1H;/q2*-1;;;;+2/p-2. The van der Waals surface area contributed by atoms with E-state index in [1.54, 1.807) is 5.20 Å². The molecule has 0 nitrogen and oxygen atoms in total. The first kappa shape index (κ1) is 38.7. The fourth-order valence-corrected chi connectivity index (χ4v) is 6.62. The molecule has 0 aliphatic heterocycles. The number of hydrogen-bond donors (Lipinski definition) is 0. The first-order chi connectivity index (χ1) is 18.6. The van der Waals surface area contributed by atoms with Gasteiger partial charge in [0.2, 0.25) is 0 Å². The fourth-order valence-electron chi connectivity index (χ4n) is 4.77. The second kappa shape index (κ2) is 16.1. The monoisotopic (exact) mass is 692 g/mol. The van der Waals surface area contributed by atoms with E-state index in [-0.39, 0.29) is 35.6 Å². The summed E-state index contributed by atoms with van der Waals surface area (Å²) in [5.41, 5.74) is 10.2. The molecule has 0 fully saturated rings. The van der Waals surface area contributed by atoms with E-state index in [0.29, 0.717) is 5.92 Å². The van der Waals surface area contributed by atoms with Crippen LogP contribution in [0.2, 0.25) is 19.6 Å². The zero-order valence-electron chi connectivity index (χ0n) is 27.3. The Morgan fingerprint density at radius 2 is 1.45 bits per heavy atom. The number of rotatable bonds is 3. The molecule has 224 valence electrons. The minimum atomic E-state index is -1.02. The van der Waals surface area contributed by atoms with Gasteiger partial charge >= 0.3 is 70.3 Å². The first-order valence-electron chi connectivity index (χ1n) is 14.6. The molecule has 0 radical (unpaired) electrons. The molecule has 4 heteroatoms. The summed E-state index contributed by atoms with van der Waals surface area (Å²) >= 11 is 1.51. The molecule has 0 bridgehead atoms. The molecule has 0 saturated heterocycles. The van der Waals surface area contributed by atoms with Gasteiger partial charge in [-0.05, 0) is 25.5 Å². The molecule has 0 spiro atoms. The number of benzene rings is 3. The first-order valence-corrected chi connectivity index (χ1v) is 19.5. The van der Waals surface area contributed by atoms with Crippen molar-refractivity contribution in [3.63, 3.8) is 0 Å². The van der Waals surface area contributed by atoms with Gasteiger partial charge in [0, 0.05) is 0 Å². The summed E-state index contributed by atoms with van der Waals surface area (Å²) in [4.78, 5) is 0. The second-order valence-corrected chi connectivity index (χ2v) is 20.3. The van der Waals surface area contributed by atoms with E-state index in [1.807, 2.05) is 6.07 Å². The molecule has 3 aromatic rings. The summed E-state index contributed by atoms with van der Waals surface area (Å²) < 4.78 is 2.25. The SMILES string of the molecule is CC(C)(C)c1c[c-]c2c(c1)-c1cc(C(C)(C)C)ccc1C2.CC1[C-]=CC([Si](C)(C)C)=C1.[Cl-].[Cl-].[Zr+2]=[CH]Cc1ccccc1. The minimum absolute atomic E-state index is 0.